The van der Waals surface area contributed by atoms with Crippen LogP contribution in [0.4, 0.5) is 0 Å². The molecule has 0 aromatic heterocycles. The summed E-state index contributed by atoms with van der Waals surface area (Å²) in [6, 6.07) is 32.6. The minimum atomic E-state index is -0.388. The van der Waals surface area contributed by atoms with E-state index in [9.17, 15) is 0 Å². The van der Waals surface area contributed by atoms with Crippen molar-refractivity contribution in [1.29, 1.82) is 0 Å². The topological polar surface area (TPSA) is 0 Å². The first kappa shape index (κ1) is 14.0. The highest BCUT2D eigenvalue weighted by molar-refractivity contribution is 7.73. The molecule has 0 nitrogen and oxygen atoms in total. The van der Waals surface area contributed by atoms with Gasteiger partial charge >= 0.3 is 0 Å². The Kier molecular flexibility index (Phi) is 4.48. The van der Waals surface area contributed by atoms with Gasteiger partial charge in [-0.05, 0) is 24.1 Å². The van der Waals surface area contributed by atoms with Crippen LogP contribution in [0.3, 0.4) is 0 Å². The maximum Gasteiger partial charge on any atom is 0.00936 e. The fourth-order valence-electron chi connectivity index (χ4n) is 2.65. The summed E-state index contributed by atoms with van der Waals surface area (Å²) in [5.74, 6) is 0. The van der Waals surface area contributed by atoms with Crippen LogP contribution in [0, 0.1) is 0 Å². The van der Waals surface area contributed by atoms with Crippen LogP contribution >= 0.6 is 7.92 Å². The van der Waals surface area contributed by atoms with Crippen molar-refractivity contribution in [3.05, 3.63) is 96.6 Å². The van der Waals surface area contributed by atoms with Gasteiger partial charge < -0.3 is 0 Å². The molecule has 0 saturated carbocycles. The summed E-state index contributed by atoms with van der Waals surface area (Å²) in [5, 5.41) is 2.88. The monoisotopic (exact) mass is 290 g/mol. The molecule has 0 spiro atoms. The van der Waals surface area contributed by atoms with Gasteiger partial charge in [-0.3, -0.25) is 0 Å². The summed E-state index contributed by atoms with van der Waals surface area (Å²) in [6.45, 7) is 2.35. The zero-order chi connectivity index (χ0) is 14.5. The lowest BCUT2D eigenvalue weighted by Gasteiger charge is -2.26. The summed E-state index contributed by atoms with van der Waals surface area (Å²) >= 11 is 0. The molecule has 0 aliphatic heterocycles. The molecule has 1 atom stereocenters. The van der Waals surface area contributed by atoms with Crippen LogP contribution in [-0.2, 0) is 0 Å². The number of benzene rings is 3. The number of hydrogen-bond acceptors (Lipinski definition) is 0. The molecule has 0 N–H and O–H groups in total. The lowest BCUT2D eigenvalue weighted by molar-refractivity contribution is 1.09. The lowest BCUT2D eigenvalue weighted by Crippen LogP contribution is -2.15. The van der Waals surface area contributed by atoms with E-state index < -0.39 is 0 Å². The molecule has 3 aromatic carbocycles. The molecule has 104 valence electrons. The fraction of sp³-hybridized carbons (Fsp3) is 0.100. The van der Waals surface area contributed by atoms with Crippen LogP contribution in [-0.4, -0.2) is 0 Å². The second-order valence-electron chi connectivity index (χ2n) is 5.13. The fourth-order valence-corrected chi connectivity index (χ4v) is 5.30. The zero-order valence-corrected chi connectivity index (χ0v) is 13.1. The molecule has 0 fully saturated rings. The molecule has 0 aliphatic rings. The first-order chi connectivity index (χ1) is 10.4. The largest absolute Gasteiger partial charge is 0.0622 e. The van der Waals surface area contributed by atoms with E-state index in [1.807, 2.05) is 0 Å². The van der Waals surface area contributed by atoms with Crippen molar-refractivity contribution >= 4 is 18.5 Å². The van der Waals surface area contributed by atoms with Crippen LogP contribution in [0.2, 0.25) is 0 Å². The molecular weight excluding hydrogens is 271 g/mol. The molecule has 0 aliphatic carbocycles. The third kappa shape index (κ3) is 3.23. The zero-order valence-electron chi connectivity index (χ0n) is 12.2. The highest BCUT2D eigenvalue weighted by Gasteiger charge is 2.21. The van der Waals surface area contributed by atoms with E-state index in [-0.39, 0.29) is 7.92 Å². The third-order valence-corrected chi connectivity index (χ3v) is 6.52. The van der Waals surface area contributed by atoms with Crippen molar-refractivity contribution in [2.75, 3.05) is 0 Å². The predicted molar refractivity (Wildman–Crippen MR) is 93.9 cm³/mol. The second kappa shape index (κ2) is 6.70. The first-order valence-electron chi connectivity index (χ1n) is 7.30. The molecule has 0 saturated heterocycles. The van der Waals surface area contributed by atoms with Gasteiger partial charge in [0.15, 0.2) is 0 Å². The Bertz CT molecular complexity index is 622. The quantitative estimate of drug-likeness (QED) is 0.601. The molecule has 21 heavy (non-hydrogen) atoms. The van der Waals surface area contributed by atoms with Crippen molar-refractivity contribution in [2.24, 2.45) is 0 Å². The van der Waals surface area contributed by atoms with Crippen molar-refractivity contribution in [3.63, 3.8) is 0 Å². The molecule has 3 aromatic rings. The maximum absolute atomic E-state index is 2.35. The van der Waals surface area contributed by atoms with E-state index in [0.717, 1.165) is 0 Å². The second-order valence-corrected chi connectivity index (χ2v) is 7.68. The Hall–Kier alpha value is -1.91. The molecule has 0 amide bonds. The predicted octanol–water partition coefficient (Wildman–Crippen LogP) is 4.88. The van der Waals surface area contributed by atoms with E-state index in [4.69, 9.17) is 0 Å². The third-order valence-electron chi connectivity index (χ3n) is 3.74. The maximum atomic E-state index is 2.35. The van der Waals surface area contributed by atoms with Crippen molar-refractivity contribution < 1.29 is 0 Å². The summed E-state index contributed by atoms with van der Waals surface area (Å²) in [7, 11) is -0.388. The van der Waals surface area contributed by atoms with Crippen molar-refractivity contribution in [1.82, 2.24) is 0 Å². The molecular formula is C20H19P. The molecule has 0 bridgehead atoms. The standard InChI is InChI=1S/C20H19P/c1-17(18-11-5-2-6-12-18)21(19-13-7-3-8-14-19)20-15-9-4-10-16-20/h2-17H,1H3/t17-/m1/s1. The Morgan fingerprint density at radius 2 is 0.952 bits per heavy atom. The van der Waals surface area contributed by atoms with Crippen molar-refractivity contribution in [2.45, 2.75) is 12.6 Å². The van der Waals surface area contributed by atoms with Gasteiger partial charge in [-0.1, -0.05) is 97.9 Å². The number of rotatable bonds is 4. The first-order valence-corrected chi connectivity index (χ1v) is 8.71. The lowest BCUT2D eigenvalue weighted by atomic mass is 10.2. The molecule has 0 radical (unpaired) electrons. The molecule has 0 heterocycles. The van der Waals surface area contributed by atoms with Gasteiger partial charge in [0.2, 0.25) is 0 Å². The normalized spacial score (nSPS) is 12.3. The average Bonchev–Trinajstić information content (AvgIpc) is 2.58. The average molecular weight is 290 g/mol. The highest BCUT2D eigenvalue weighted by Crippen LogP contribution is 2.48. The Balaban J connectivity index is 2.05. The van der Waals surface area contributed by atoms with Crippen LogP contribution in [0.5, 0.6) is 0 Å². The molecule has 0 unspecified atom stereocenters. The Morgan fingerprint density at radius 1 is 0.571 bits per heavy atom. The minimum absolute atomic E-state index is 0.388. The minimum Gasteiger partial charge on any atom is -0.0622 e. The Labute approximate surface area is 128 Å². The molecule has 3 rings (SSSR count). The van der Waals surface area contributed by atoms with E-state index in [2.05, 4.69) is 97.9 Å². The van der Waals surface area contributed by atoms with Gasteiger partial charge in [-0.2, -0.15) is 0 Å². The molecule has 1 heteroatoms. The van der Waals surface area contributed by atoms with Gasteiger partial charge in [0, 0.05) is 5.66 Å². The van der Waals surface area contributed by atoms with Crippen LogP contribution < -0.4 is 10.6 Å². The van der Waals surface area contributed by atoms with Crippen LogP contribution in [0.15, 0.2) is 91.0 Å². The van der Waals surface area contributed by atoms with Gasteiger partial charge in [-0.15, -0.1) is 0 Å². The summed E-state index contributed by atoms with van der Waals surface area (Å²) in [5.41, 5.74) is 1.92. The highest BCUT2D eigenvalue weighted by atomic mass is 31.1. The van der Waals surface area contributed by atoms with E-state index >= 15 is 0 Å². The number of hydrogen-bond donors (Lipinski definition) is 0. The summed E-state index contributed by atoms with van der Waals surface area (Å²) < 4.78 is 0. The van der Waals surface area contributed by atoms with Gasteiger partial charge in [0.05, 0.1) is 0 Å². The van der Waals surface area contributed by atoms with Crippen LogP contribution in [0.1, 0.15) is 18.1 Å². The van der Waals surface area contributed by atoms with Crippen LogP contribution in [0.25, 0.3) is 0 Å². The van der Waals surface area contributed by atoms with E-state index in [1.165, 1.54) is 16.2 Å². The van der Waals surface area contributed by atoms with Crippen molar-refractivity contribution in [3.8, 4) is 0 Å². The van der Waals surface area contributed by atoms with E-state index in [1.54, 1.807) is 0 Å². The SMILES string of the molecule is C[C@H](c1ccccc1)P(c1ccccc1)c1ccccc1. The smallest absolute Gasteiger partial charge is 0.00936 e. The summed E-state index contributed by atoms with van der Waals surface area (Å²) in [4.78, 5) is 0. The van der Waals surface area contributed by atoms with E-state index in [0.29, 0.717) is 5.66 Å². The van der Waals surface area contributed by atoms with Gasteiger partial charge in [-0.25, -0.2) is 0 Å². The van der Waals surface area contributed by atoms with Gasteiger partial charge in [0.1, 0.15) is 0 Å². The Morgan fingerprint density at radius 3 is 1.38 bits per heavy atom. The van der Waals surface area contributed by atoms with Gasteiger partial charge in [0.25, 0.3) is 0 Å². The summed E-state index contributed by atoms with van der Waals surface area (Å²) in [6.07, 6.45) is 0.